The second kappa shape index (κ2) is 7.09. The van der Waals surface area contributed by atoms with Crippen molar-refractivity contribution in [2.75, 3.05) is 21.3 Å². The van der Waals surface area contributed by atoms with Gasteiger partial charge in [-0.05, 0) is 18.2 Å². The molecule has 138 valence electrons. The zero-order chi connectivity index (χ0) is 19.0. The first-order chi connectivity index (χ1) is 13.2. The number of nitrogens with zero attached hydrogens (tertiary/aromatic N) is 3. The molecule has 4 aromatic rings. The number of rotatable bonds is 5. The number of halogens is 1. The smallest absolute Gasteiger partial charge is 0.213 e. The lowest BCUT2D eigenvalue weighted by atomic mass is 10.1. The maximum absolute atomic E-state index is 6.35. The summed E-state index contributed by atoms with van der Waals surface area (Å²) in [6, 6.07) is 11.3. The van der Waals surface area contributed by atoms with Gasteiger partial charge in [-0.2, -0.15) is 4.98 Å². The standard InChI is InChI=1S/C19H16ClN3O3S/c1-24-15-8-11(9-16(25-2)17(15)26-3)18-21-19-23(22-18)14(10-27-19)12-6-4-5-7-13(12)20/h4-10H,1-3H3. The van der Waals surface area contributed by atoms with Crippen LogP contribution in [0.25, 0.3) is 27.6 Å². The van der Waals surface area contributed by atoms with Crippen LogP contribution in [0, 0.1) is 0 Å². The van der Waals surface area contributed by atoms with Gasteiger partial charge in [-0.15, -0.1) is 16.4 Å². The van der Waals surface area contributed by atoms with Crippen molar-refractivity contribution in [1.82, 2.24) is 14.6 Å². The van der Waals surface area contributed by atoms with Gasteiger partial charge in [0.15, 0.2) is 17.3 Å². The van der Waals surface area contributed by atoms with E-state index < -0.39 is 0 Å². The molecule has 0 saturated carbocycles. The van der Waals surface area contributed by atoms with Gasteiger partial charge in [0.1, 0.15) is 0 Å². The normalized spacial score (nSPS) is 11.0. The summed E-state index contributed by atoms with van der Waals surface area (Å²) < 4.78 is 18.0. The SMILES string of the molecule is COc1cc(-c2nc3scc(-c4ccccc4Cl)n3n2)cc(OC)c1OC. The molecular weight excluding hydrogens is 386 g/mol. The summed E-state index contributed by atoms with van der Waals surface area (Å²) in [7, 11) is 4.73. The van der Waals surface area contributed by atoms with Crippen LogP contribution in [-0.4, -0.2) is 35.9 Å². The first-order valence-corrected chi connectivity index (χ1v) is 9.31. The van der Waals surface area contributed by atoms with Crippen LogP contribution in [0.2, 0.25) is 5.02 Å². The molecule has 0 aliphatic heterocycles. The predicted octanol–water partition coefficient (Wildman–Crippen LogP) is 4.80. The summed E-state index contributed by atoms with van der Waals surface area (Å²) in [4.78, 5) is 5.41. The molecule has 27 heavy (non-hydrogen) atoms. The van der Waals surface area contributed by atoms with E-state index >= 15 is 0 Å². The highest BCUT2D eigenvalue weighted by Crippen LogP contribution is 2.41. The van der Waals surface area contributed by atoms with Gasteiger partial charge in [-0.3, -0.25) is 0 Å². The lowest BCUT2D eigenvalue weighted by molar-refractivity contribution is 0.324. The maximum Gasteiger partial charge on any atom is 0.213 e. The quantitative estimate of drug-likeness (QED) is 0.480. The second-order valence-corrected chi connectivity index (χ2v) is 6.89. The van der Waals surface area contributed by atoms with Crippen LogP contribution >= 0.6 is 22.9 Å². The monoisotopic (exact) mass is 401 g/mol. The lowest BCUT2D eigenvalue weighted by Crippen LogP contribution is -1.96. The van der Waals surface area contributed by atoms with Crippen LogP contribution in [0.5, 0.6) is 17.2 Å². The van der Waals surface area contributed by atoms with E-state index in [1.165, 1.54) is 11.3 Å². The Morgan fingerprint density at radius 3 is 2.33 bits per heavy atom. The Balaban J connectivity index is 1.86. The fraction of sp³-hybridized carbons (Fsp3) is 0.158. The number of ether oxygens (including phenoxy) is 3. The predicted molar refractivity (Wildman–Crippen MR) is 106 cm³/mol. The Labute approximate surface area is 164 Å². The summed E-state index contributed by atoms with van der Waals surface area (Å²) in [5.41, 5.74) is 2.57. The van der Waals surface area contributed by atoms with Crippen molar-refractivity contribution < 1.29 is 14.2 Å². The molecule has 0 aliphatic rings. The van der Waals surface area contributed by atoms with Crippen molar-refractivity contribution in [1.29, 1.82) is 0 Å². The average molecular weight is 402 g/mol. The van der Waals surface area contributed by atoms with E-state index in [0.29, 0.717) is 28.1 Å². The third kappa shape index (κ3) is 2.98. The molecule has 8 heteroatoms. The van der Waals surface area contributed by atoms with E-state index in [2.05, 4.69) is 10.1 Å². The average Bonchev–Trinajstić information content (AvgIpc) is 3.28. The fourth-order valence-corrected chi connectivity index (χ4v) is 3.92. The largest absolute Gasteiger partial charge is 0.493 e. The zero-order valence-corrected chi connectivity index (χ0v) is 16.5. The molecule has 2 aromatic carbocycles. The van der Waals surface area contributed by atoms with Crippen LogP contribution in [0.15, 0.2) is 41.8 Å². The van der Waals surface area contributed by atoms with Crippen LogP contribution in [0.1, 0.15) is 0 Å². The highest BCUT2D eigenvalue weighted by atomic mass is 35.5. The number of thiazole rings is 1. The lowest BCUT2D eigenvalue weighted by Gasteiger charge is -2.12. The fourth-order valence-electron chi connectivity index (χ4n) is 2.87. The van der Waals surface area contributed by atoms with Gasteiger partial charge in [0.05, 0.1) is 27.0 Å². The van der Waals surface area contributed by atoms with Crippen molar-refractivity contribution in [3.63, 3.8) is 0 Å². The Morgan fingerprint density at radius 1 is 1.00 bits per heavy atom. The molecule has 6 nitrogen and oxygen atoms in total. The number of hydrogen-bond donors (Lipinski definition) is 0. The van der Waals surface area contributed by atoms with E-state index in [0.717, 1.165) is 21.8 Å². The van der Waals surface area contributed by atoms with Crippen molar-refractivity contribution in [2.45, 2.75) is 0 Å². The Hall–Kier alpha value is -2.77. The van der Waals surface area contributed by atoms with E-state index in [9.17, 15) is 0 Å². The van der Waals surface area contributed by atoms with Gasteiger partial charge in [0.25, 0.3) is 0 Å². The molecule has 0 atom stereocenters. The van der Waals surface area contributed by atoms with Gasteiger partial charge >= 0.3 is 0 Å². The third-order valence-corrected chi connectivity index (χ3v) is 5.30. The highest BCUT2D eigenvalue weighted by molar-refractivity contribution is 7.15. The molecule has 4 rings (SSSR count). The third-order valence-electron chi connectivity index (χ3n) is 4.15. The minimum atomic E-state index is 0.529. The Kier molecular flexibility index (Phi) is 4.63. The highest BCUT2D eigenvalue weighted by Gasteiger charge is 2.18. The van der Waals surface area contributed by atoms with Crippen LogP contribution in [0.3, 0.4) is 0 Å². The van der Waals surface area contributed by atoms with Crippen molar-refractivity contribution in [2.24, 2.45) is 0 Å². The Morgan fingerprint density at radius 2 is 1.70 bits per heavy atom. The van der Waals surface area contributed by atoms with E-state index in [1.807, 2.05) is 41.8 Å². The van der Waals surface area contributed by atoms with Gasteiger partial charge in [-0.1, -0.05) is 29.8 Å². The number of hydrogen-bond acceptors (Lipinski definition) is 6. The topological polar surface area (TPSA) is 57.9 Å². The molecule has 0 amide bonds. The maximum atomic E-state index is 6.35. The summed E-state index contributed by atoms with van der Waals surface area (Å²) in [6.07, 6.45) is 0. The van der Waals surface area contributed by atoms with Gasteiger partial charge < -0.3 is 14.2 Å². The Bertz CT molecular complexity index is 1100. The summed E-state index contributed by atoms with van der Waals surface area (Å²) >= 11 is 7.85. The molecule has 2 heterocycles. The molecule has 0 radical (unpaired) electrons. The minimum absolute atomic E-state index is 0.529. The molecule has 0 aliphatic carbocycles. The number of benzene rings is 2. The number of fused-ring (bicyclic) bond motifs is 1. The van der Waals surface area contributed by atoms with Crippen molar-refractivity contribution in [3.05, 3.63) is 46.8 Å². The molecule has 0 bridgehead atoms. The second-order valence-electron chi connectivity index (χ2n) is 5.64. The number of methoxy groups -OCH3 is 3. The number of aromatic nitrogens is 3. The van der Waals surface area contributed by atoms with Gasteiger partial charge in [0, 0.05) is 21.5 Å². The van der Waals surface area contributed by atoms with E-state index in [1.54, 1.807) is 25.8 Å². The minimum Gasteiger partial charge on any atom is -0.493 e. The summed E-state index contributed by atoms with van der Waals surface area (Å²) in [5.74, 6) is 2.20. The van der Waals surface area contributed by atoms with Crippen molar-refractivity contribution in [3.8, 4) is 39.9 Å². The van der Waals surface area contributed by atoms with Crippen LogP contribution in [-0.2, 0) is 0 Å². The van der Waals surface area contributed by atoms with Crippen LogP contribution in [0.4, 0.5) is 0 Å². The first-order valence-electron chi connectivity index (χ1n) is 8.05. The summed E-state index contributed by atoms with van der Waals surface area (Å²) in [6.45, 7) is 0. The van der Waals surface area contributed by atoms with E-state index in [4.69, 9.17) is 25.8 Å². The molecule has 0 saturated heterocycles. The van der Waals surface area contributed by atoms with Gasteiger partial charge in [-0.25, -0.2) is 4.52 Å². The molecular formula is C19H16ClN3O3S. The molecule has 0 N–H and O–H groups in total. The molecule has 0 spiro atoms. The first kappa shape index (κ1) is 17.6. The summed E-state index contributed by atoms with van der Waals surface area (Å²) in [5, 5.41) is 7.34. The molecule has 0 fully saturated rings. The molecule has 2 aromatic heterocycles. The van der Waals surface area contributed by atoms with E-state index in [-0.39, 0.29) is 0 Å². The zero-order valence-electron chi connectivity index (χ0n) is 14.9. The van der Waals surface area contributed by atoms with Crippen molar-refractivity contribution >= 4 is 27.9 Å². The van der Waals surface area contributed by atoms with Crippen LogP contribution < -0.4 is 14.2 Å². The molecule has 0 unspecified atom stereocenters. The van der Waals surface area contributed by atoms with Gasteiger partial charge in [0.2, 0.25) is 10.7 Å².